The molecule has 0 bridgehead atoms. The highest BCUT2D eigenvalue weighted by molar-refractivity contribution is 7.17. The highest BCUT2D eigenvalue weighted by atomic mass is 32.1. The number of carbonyl (C=O) groups excluding carboxylic acids is 2. The van der Waals surface area contributed by atoms with E-state index in [2.05, 4.69) is 34.3 Å². The second-order valence-corrected chi connectivity index (χ2v) is 9.69. The van der Waals surface area contributed by atoms with Gasteiger partial charge in [0.05, 0.1) is 40.3 Å². The minimum absolute atomic E-state index is 0.0780. The van der Waals surface area contributed by atoms with E-state index in [-0.39, 0.29) is 11.8 Å². The number of rotatable bonds is 5. The van der Waals surface area contributed by atoms with Crippen LogP contribution in [-0.2, 0) is 15.1 Å². The average Bonchev–Trinajstić information content (AvgIpc) is 3.51. The predicted octanol–water partition coefficient (Wildman–Crippen LogP) is 4.21. The molecule has 0 radical (unpaired) electrons. The Morgan fingerprint density at radius 2 is 2.09 bits per heavy atom. The van der Waals surface area contributed by atoms with E-state index < -0.39 is 17.7 Å². The third-order valence-corrected chi connectivity index (χ3v) is 7.22. The van der Waals surface area contributed by atoms with Crippen molar-refractivity contribution < 1.29 is 14.3 Å². The number of aryl methyl sites for hydroxylation is 1. The molecule has 32 heavy (non-hydrogen) atoms. The number of imidazole rings is 1. The first-order chi connectivity index (χ1) is 15.3. The number of fused-ring (bicyclic) bond motifs is 1. The lowest BCUT2D eigenvalue weighted by molar-refractivity contribution is -0.138. The SMILES string of the molecule is COC(=O)N[C@H](C(=O)N1CCC[C@@]1(C)c1ncc(-c2ccc(C)c3ncsc23)[nH]1)C(C)C. The number of methoxy groups -OCH3 is 1. The van der Waals surface area contributed by atoms with E-state index in [1.165, 1.54) is 7.11 Å². The fourth-order valence-electron chi connectivity index (χ4n) is 4.46. The topological polar surface area (TPSA) is 100 Å². The Hall–Kier alpha value is -2.94. The number of aromatic nitrogens is 3. The molecule has 1 fully saturated rings. The number of amides is 2. The maximum absolute atomic E-state index is 13.5. The molecule has 1 aromatic carbocycles. The van der Waals surface area contributed by atoms with Gasteiger partial charge in [0.2, 0.25) is 5.91 Å². The lowest BCUT2D eigenvalue weighted by atomic mass is 9.95. The lowest BCUT2D eigenvalue weighted by Crippen LogP contribution is -2.55. The van der Waals surface area contributed by atoms with Gasteiger partial charge in [-0.2, -0.15) is 0 Å². The Morgan fingerprint density at radius 3 is 2.81 bits per heavy atom. The van der Waals surface area contributed by atoms with Crippen molar-refractivity contribution in [3.63, 3.8) is 0 Å². The number of likely N-dealkylation sites (tertiary alicyclic amines) is 1. The number of hydrogen-bond donors (Lipinski definition) is 2. The van der Waals surface area contributed by atoms with Gasteiger partial charge in [-0.15, -0.1) is 11.3 Å². The Bertz CT molecular complexity index is 1150. The van der Waals surface area contributed by atoms with E-state index in [1.807, 2.05) is 37.4 Å². The average molecular weight is 456 g/mol. The predicted molar refractivity (Wildman–Crippen MR) is 124 cm³/mol. The van der Waals surface area contributed by atoms with Crippen molar-refractivity contribution in [2.24, 2.45) is 5.92 Å². The van der Waals surface area contributed by atoms with Gasteiger partial charge in [0.25, 0.3) is 0 Å². The number of H-pyrrole nitrogens is 1. The molecule has 0 unspecified atom stereocenters. The van der Waals surface area contributed by atoms with Crippen LogP contribution in [0.4, 0.5) is 4.79 Å². The summed E-state index contributed by atoms with van der Waals surface area (Å²) in [5, 5.41) is 2.70. The summed E-state index contributed by atoms with van der Waals surface area (Å²) in [6.45, 7) is 8.53. The van der Waals surface area contributed by atoms with Crippen LogP contribution in [0.15, 0.2) is 23.8 Å². The van der Waals surface area contributed by atoms with Crippen molar-refractivity contribution in [3.05, 3.63) is 35.2 Å². The molecule has 0 spiro atoms. The molecule has 170 valence electrons. The molecule has 2 aromatic heterocycles. The molecule has 1 aliphatic heterocycles. The van der Waals surface area contributed by atoms with Crippen LogP contribution in [0.2, 0.25) is 0 Å². The van der Waals surface area contributed by atoms with Crippen LogP contribution in [0.5, 0.6) is 0 Å². The zero-order valence-corrected chi connectivity index (χ0v) is 19.9. The molecule has 2 N–H and O–H groups in total. The van der Waals surface area contributed by atoms with Gasteiger partial charge in [-0.3, -0.25) is 4.79 Å². The normalized spacial score (nSPS) is 19.5. The molecule has 9 heteroatoms. The molecule has 1 saturated heterocycles. The van der Waals surface area contributed by atoms with Gasteiger partial charge in [0, 0.05) is 12.1 Å². The molecule has 0 aliphatic carbocycles. The van der Waals surface area contributed by atoms with E-state index in [4.69, 9.17) is 9.72 Å². The molecule has 2 amide bonds. The van der Waals surface area contributed by atoms with Crippen LogP contribution in [0.1, 0.15) is 45.0 Å². The summed E-state index contributed by atoms with van der Waals surface area (Å²) in [7, 11) is 1.30. The van der Waals surface area contributed by atoms with Crippen molar-refractivity contribution in [2.75, 3.05) is 13.7 Å². The molecule has 4 rings (SSSR count). The van der Waals surface area contributed by atoms with Crippen molar-refractivity contribution in [3.8, 4) is 11.3 Å². The van der Waals surface area contributed by atoms with Gasteiger partial charge >= 0.3 is 6.09 Å². The second-order valence-electron chi connectivity index (χ2n) is 8.83. The fourth-order valence-corrected chi connectivity index (χ4v) is 5.35. The van der Waals surface area contributed by atoms with Crippen molar-refractivity contribution in [2.45, 2.75) is 52.1 Å². The standard InChI is InChI=1S/C23H29N5O3S/c1-13(2)17(27-22(30)31-5)20(29)28-10-6-9-23(28,4)21-24-11-16(26-21)15-8-7-14(3)18-19(15)32-12-25-18/h7-8,11-13,17H,6,9-10H2,1-5H3,(H,24,26)(H,27,30)/t17-,23-/m0/s1. The fraction of sp³-hybridized carbons (Fsp3) is 0.478. The number of aromatic amines is 1. The number of carbonyl (C=O) groups is 2. The smallest absolute Gasteiger partial charge is 0.407 e. The minimum atomic E-state index is -0.664. The van der Waals surface area contributed by atoms with E-state index >= 15 is 0 Å². The molecule has 3 aromatic rings. The number of ether oxygens (including phenoxy) is 1. The molecule has 3 heterocycles. The third-order valence-electron chi connectivity index (χ3n) is 6.36. The Morgan fingerprint density at radius 1 is 1.31 bits per heavy atom. The van der Waals surface area contributed by atoms with E-state index in [0.29, 0.717) is 6.54 Å². The maximum atomic E-state index is 13.5. The highest BCUT2D eigenvalue weighted by Gasteiger charge is 2.46. The van der Waals surface area contributed by atoms with Crippen molar-refractivity contribution in [1.82, 2.24) is 25.2 Å². The number of benzene rings is 1. The Balaban J connectivity index is 1.66. The molecule has 1 aliphatic rings. The molecule has 0 saturated carbocycles. The maximum Gasteiger partial charge on any atom is 0.407 e. The summed E-state index contributed by atoms with van der Waals surface area (Å²) in [6, 6.07) is 3.49. The summed E-state index contributed by atoms with van der Waals surface area (Å²) in [4.78, 5) is 39.8. The summed E-state index contributed by atoms with van der Waals surface area (Å²) >= 11 is 1.61. The first-order valence-corrected chi connectivity index (χ1v) is 11.7. The van der Waals surface area contributed by atoms with Gasteiger partial charge in [-0.25, -0.2) is 14.8 Å². The zero-order chi connectivity index (χ0) is 23.0. The molecule has 2 atom stereocenters. The van der Waals surface area contributed by atoms with Crippen molar-refractivity contribution >= 4 is 33.6 Å². The summed E-state index contributed by atoms with van der Waals surface area (Å²) < 4.78 is 5.84. The van der Waals surface area contributed by atoms with Gasteiger partial charge < -0.3 is 19.9 Å². The molecule has 8 nitrogen and oxygen atoms in total. The number of thiazole rings is 1. The second kappa shape index (κ2) is 8.54. The monoisotopic (exact) mass is 455 g/mol. The summed E-state index contributed by atoms with van der Waals surface area (Å²) in [6.07, 6.45) is 2.88. The first kappa shape index (κ1) is 22.3. The zero-order valence-electron chi connectivity index (χ0n) is 19.1. The largest absolute Gasteiger partial charge is 0.453 e. The third kappa shape index (κ3) is 3.74. The highest BCUT2D eigenvalue weighted by Crippen LogP contribution is 2.39. The molecular formula is C23H29N5O3S. The summed E-state index contributed by atoms with van der Waals surface area (Å²) in [5.74, 6) is 0.548. The molecular weight excluding hydrogens is 426 g/mol. The van der Waals surface area contributed by atoms with Gasteiger partial charge in [-0.1, -0.05) is 26.0 Å². The van der Waals surface area contributed by atoms with Crippen LogP contribution < -0.4 is 5.32 Å². The van der Waals surface area contributed by atoms with Crippen LogP contribution in [0.25, 0.3) is 21.5 Å². The Labute approximate surface area is 191 Å². The number of hydrogen-bond acceptors (Lipinski definition) is 6. The van der Waals surface area contributed by atoms with Gasteiger partial charge in [0.15, 0.2) is 0 Å². The quantitative estimate of drug-likeness (QED) is 0.600. The van der Waals surface area contributed by atoms with Gasteiger partial charge in [0.1, 0.15) is 11.9 Å². The van der Waals surface area contributed by atoms with Gasteiger partial charge in [-0.05, 0) is 38.2 Å². The van der Waals surface area contributed by atoms with Crippen LogP contribution >= 0.6 is 11.3 Å². The minimum Gasteiger partial charge on any atom is -0.453 e. The first-order valence-electron chi connectivity index (χ1n) is 10.8. The van der Waals surface area contributed by atoms with E-state index in [0.717, 1.165) is 45.7 Å². The van der Waals surface area contributed by atoms with Crippen LogP contribution in [0, 0.1) is 12.8 Å². The van der Waals surface area contributed by atoms with Crippen LogP contribution in [0.3, 0.4) is 0 Å². The van der Waals surface area contributed by atoms with Crippen molar-refractivity contribution in [1.29, 1.82) is 0 Å². The number of nitrogens with one attached hydrogen (secondary N) is 2. The van der Waals surface area contributed by atoms with Crippen LogP contribution in [-0.4, -0.2) is 51.5 Å². The lowest BCUT2D eigenvalue weighted by Gasteiger charge is -2.37. The summed E-state index contributed by atoms with van der Waals surface area (Å²) in [5.41, 5.74) is 5.37. The number of alkyl carbamates (subject to hydrolysis) is 1. The number of nitrogens with zero attached hydrogens (tertiary/aromatic N) is 3. The van der Waals surface area contributed by atoms with E-state index in [1.54, 1.807) is 11.3 Å². The Kier molecular flexibility index (Phi) is 5.94. The van der Waals surface area contributed by atoms with E-state index in [9.17, 15) is 9.59 Å².